The lowest BCUT2D eigenvalue weighted by molar-refractivity contribution is -0.144. The third kappa shape index (κ3) is 4.79. The molecule has 5 nitrogen and oxygen atoms in total. The van der Waals surface area contributed by atoms with Crippen LogP contribution in [0.3, 0.4) is 0 Å². The van der Waals surface area contributed by atoms with Crippen molar-refractivity contribution in [2.45, 2.75) is 46.3 Å². The van der Waals surface area contributed by atoms with Crippen LogP contribution in [0.5, 0.6) is 0 Å². The van der Waals surface area contributed by atoms with Crippen LogP contribution in [-0.2, 0) is 19.1 Å². The quantitative estimate of drug-likeness (QED) is 0.442. The molecule has 0 radical (unpaired) electrons. The molecule has 2 atom stereocenters. The number of carbonyl (C=O) groups is 2. The van der Waals surface area contributed by atoms with Crippen molar-refractivity contribution in [3.8, 4) is 0 Å². The maximum absolute atomic E-state index is 11.9. The highest BCUT2D eigenvalue weighted by atomic mass is 16.5. The van der Waals surface area contributed by atoms with Crippen molar-refractivity contribution in [3.63, 3.8) is 0 Å². The summed E-state index contributed by atoms with van der Waals surface area (Å²) >= 11 is 0. The minimum absolute atomic E-state index is 0.0315. The molecule has 0 aliphatic carbocycles. The maximum atomic E-state index is 11.9. The summed E-state index contributed by atoms with van der Waals surface area (Å²) in [7, 11) is 0. The summed E-state index contributed by atoms with van der Waals surface area (Å²) in [4.78, 5) is 25.8. The molecule has 0 saturated carbocycles. The third-order valence-corrected chi connectivity index (χ3v) is 3.88. The molecule has 1 saturated heterocycles. The van der Waals surface area contributed by atoms with Crippen molar-refractivity contribution in [1.29, 1.82) is 0 Å². The van der Waals surface area contributed by atoms with Crippen molar-refractivity contribution in [3.05, 3.63) is 34.9 Å². The highest BCUT2D eigenvalue weighted by Crippen LogP contribution is 2.31. The normalized spacial score (nSPS) is 22.9. The minimum Gasteiger partial charge on any atom is -0.458 e. The van der Waals surface area contributed by atoms with Gasteiger partial charge >= 0.3 is 11.9 Å². The van der Waals surface area contributed by atoms with Gasteiger partial charge in [0.15, 0.2) is 0 Å². The first-order valence-electron chi connectivity index (χ1n) is 7.97. The first kappa shape index (κ1) is 17.5. The molecule has 5 heteroatoms. The zero-order chi connectivity index (χ0) is 17.0. The smallest absolute Gasteiger partial charge is 0.331 e. The van der Waals surface area contributed by atoms with Gasteiger partial charge in [0.05, 0.1) is 6.04 Å². The highest BCUT2D eigenvalue weighted by Gasteiger charge is 2.41. The molecule has 2 rings (SSSR count). The van der Waals surface area contributed by atoms with Crippen LogP contribution < -0.4 is 0 Å². The van der Waals surface area contributed by atoms with Crippen molar-refractivity contribution in [1.82, 2.24) is 4.90 Å². The molecule has 2 heterocycles. The van der Waals surface area contributed by atoms with Gasteiger partial charge in [-0.2, -0.15) is 0 Å². The molecule has 23 heavy (non-hydrogen) atoms. The summed E-state index contributed by atoms with van der Waals surface area (Å²) in [5.74, 6) is -0.634. The first-order valence-corrected chi connectivity index (χ1v) is 7.97. The summed E-state index contributed by atoms with van der Waals surface area (Å²) in [5, 5.41) is 0. The molecule has 0 aromatic rings. The SMILES string of the molecule is CC(C)=CC(=O)OCC1=CCN2CC[C@H](OC(=O)C=C(C)C)[C@@H]12. The van der Waals surface area contributed by atoms with Crippen molar-refractivity contribution in [2.24, 2.45) is 0 Å². The lowest BCUT2D eigenvalue weighted by atomic mass is 10.1. The second-order valence-corrected chi connectivity index (χ2v) is 6.53. The van der Waals surface area contributed by atoms with Gasteiger partial charge in [0.1, 0.15) is 12.7 Å². The molecule has 1 fully saturated rings. The Balaban J connectivity index is 1.95. The van der Waals surface area contributed by atoms with Gasteiger partial charge in [-0.1, -0.05) is 17.2 Å². The fraction of sp³-hybridized carbons (Fsp3) is 0.556. The Morgan fingerprint density at radius 2 is 1.83 bits per heavy atom. The predicted octanol–water partition coefficient (Wildman–Crippen LogP) is 2.39. The fourth-order valence-electron chi connectivity index (χ4n) is 2.98. The standard InChI is InChI=1S/C18H25NO4/c1-12(2)9-16(20)22-11-14-5-7-19-8-6-15(18(14)19)23-17(21)10-13(3)4/h5,9-10,15,18H,6-8,11H2,1-4H3/t15-,18+/m0/s1. The molecule has 0 unspecified atom stereocenters. The van der Waals surface area contributed by atoms with E-state index in [1.165, 1.54) is 12.2 Å². The minimum atomic E-state index is -0.333. The summed E-state index contributed by atoms with van der Waals surface area (Å²) < 4.78 is 10.9. The zero-order valence-electron chi connectivity index (χ0n) is 14.3. The van der Waals surface area contributed by atoms with Gasteiger partial charge in [-0.05, 0) is 39.7 Å². The lowest BCUT2D eigenvalue weighted by Gasteiger charge is -2.23. The van der Waals surface area contributed by atoms with Crippen LogP contribution >= 0.6 is 0 Å². The van der Waals surface area contributed by atoms with Gasteiger partial charge < -0.3 is 9.47 Å². The molecule has 2 aliphatic rings. The summed E-state index contributed by atoms with van der Waals surface area (Å²) in [6, 6.07) is 0.0315. The highest BCUT2D eigenvalue weighted by molar-refractivity contribution is 5.83. The number of fused-ring (bicyclic) bond motifs is 1. The molecule has 0 spiro atoms. The van der Waals surface area contributed by atoms with E-state index in [2.05, 4.69) is 11.0 Å². The number of ether oxygens (including phenoxy) is 2. The Morgan fingerprint density at radius 1 is 1.17 bits per heavy atom. The first-order chi connectivity index (χ1) is 10.9. The number of esters is 2. The Morgan fingerprint density at radius 3 is 2.48 bits per heavy atom. The fourth-order valence-corrected chi connectivity index (χ4v) is 2.98. The molecular formula is C18H25NO4. The summed E-state index contributed by atoms with van der Waals surface area (Å²) in [6.45, 7) is 9.40. The molecule has 2 aliphatic heterocycles. The average Bonchev–Trinajstić information content (AvgIpc) is 2.98. The van der Waals surface area contributed by atoms with E-state index in [9.17, 15) is 9.59 Å². The molecule has 0 N–H and O–H groups in total. The van der Waals surface area contributed by atoms with Crippen molar-refractivity contribution >= 4 is 11.9 Å². The van der Waals surface area contributed by atoms with Gasteiger partial charge in [-0.3, -0.25) is 4.90 Å². The largest absolute Gasteiger partial charge is 0.458 e. The Labute approximate surface area is 137 Å². The molecule has 0 amide bonds. The third-order valence-electron chi connectivity index (χ3n) is 3.88. The van der Waals surface area contributed by atoms with Crippen molar-refractivity contribution < 1.29 is 19.1 Å². The predicted molar refractivity (Wildman–Crippen MR) is 87.8 cm³/mol. The maximum Gasteiger partial charge on any atom is 0.331 e. The molecule has 0 bridgehead atoms. The van der Waals surface area contributed by atoms with Crippen LogP contribution in [0, 0.1) is 0 Å². The van der Waals surface area contributed by atoms with Crippen LogP contribution in [0.15, 0.2) is 34.9 Å². The topological polar surface area (TPSA) is 55.8 Å². The Bertz CT molecular complexity index is 566. The molecule has 126 valence electrons. The lowest BCUT2D eigenvalue weighted by Crippen LogP contribution is -2.35. The van der Waals surface area contributed by atoms with E-state index in [0.29, 0.717) is 0 Å². The van der Waals surface area contributed by atoms with Gasteiger partial charge in [0.25, 0.3) is 0 Å². The summed E-state index contributed by atoms with van der Waals surface area (Å²) in [6.07, 6.45) is 5.70. The number of nitrogens with zero attached hydrogens (tertiary/aromatic N) is 1. The van der Waals surface area contributed by atoms with E-state index in [1.807, 2.05) is 27.7 Å². The van der Waals surface area contributed by atoms with Crippen LogP contribution in [-0.4, -0.2) is 48.7 Å². The molecule has 0 aromatic carbocycles. The second kappa shape index (κ2) is 7.59. The van der Waals surface area contributed by atoms with Crippen LogP contribution in [0.2, 0.25) is 0 Å². The van der Waals surface area contributed by atoms with Gasteiger partial charge in [-0.25, -0.2) is 9.59 Å². The summed E-state index contributed by atoms with van der Waals surface area (Å²) in [5.41, 5.74) is 2.85. The Kier molecular flexibility index (Phi) is 5.77. The van der Waals surface area contributed by atoms with E-state index < -0.39 is 0 Å². The second-order valence-electron chi connectivity index (χ2n) is 6.53. The van der Waals surface area contributed by atoms with E-state index in [1.54, 1.807) is 0 Å². The zero-order valence-corrected chi connectivity index (χ0v) is 14.3. The van der Waals surface area contributed by atoms with Crippen LogP contribution in [0.1, 0.15) is 34.1 Å². The Hall–Kier alpha value is -1.88. The number of hydrogen-bond acceptors (Lipinski definition) is 5. The van der Waals surface area contributed by atoms with Gasteiger partial charge in [0.2, 0.25) is 0 Å². The number of rotatable bonds is 5. The number of allylic oxidation sites excluding steroid dienone is 2. The van der Waals surface area contributed by atoms with Gasteiger partial charge in [-0.15, -0.1) is 0 Å². The van der Waals surface area contributed by atoms with E-state index in [-0.39, 0.29) is 30.7 Å². The van der Waals surface area contributed by atoms with E-state index in [0.717, 1.165) is 36.2 Å². The van der Waals surface area contributed by atoms with Gasteiger partial charge in [0, 0.05) is 25.2 Å². The van der Waals surface area contributed by atoms with Crippen LogP contribution in [0.25, 0.3) is 0 Å². The molecule has 0 aromatic heterocycles. The van der Waals surface area contributed by atoms with Crippen molar-refractivity contribution in [2.75, 3.05) is 19.7 Å². The number of hydrogen-bond donors (Lipinski definition) is 0. The monoisotopic (exact) mass is 319 g/mol. The average molecular weight is 319 g/mol. The van der Waals surface area contributed by atoms with E-state index in [4.69, 9.17) is 9.47 Å². The van der Waals surface area contributed by atoms with Crippen LogP contribution in [0.4, 0.5) is 0 Å². The van der Waals surface area contributed by atoms with E-state index >= 15 is 0 Å². The molecular weight excluding hydrogens is 294 g/mol. The number of carbonyl (C=O) groups excluding carboxylic acids is 2.